The molecular weight excluding hydrogens is 473 g/mol. The van der Waals surface area contributed by atoms with Crippen LogP contribution >= 0.6 is 11.6 Å². The van der Waals surface area contributed by atoms with Gasteiger partial charge in [0.25, 0.3) is 11.5 Å². The number of rotatable bonds is 6. The molecule has 1 aliphatic carbocycles. The standard InChI is InChI=1S/C23H20ClF3N4O3/c1-13-2-9-17(10-18(13)24)31-22(34)30(12-15-5-7-16(8-6-15)23(25,26)27)21(33)19(29-31)20(32)28-11-14-3-4-14/h2,5-10,14H,3-4,11-12H2,1H3,(H,28,32). The predicted octanol–water partition coefficient (Wildman–Crippen LogP) is 3.56. The lowest BCUT2D eigenvalue weighted by Gasteiger charge is -2.13. The number of amides is 1. The Balaban J connectivity index is 1.79. The van der Waals surface area contributed by atoms with Gasteiger partial charge in [-0.2, -0.15) is 23.0 Å². The van der Waals surface area contributed by atoms with Gasteiger partial charge < -0.3 is 5.32 Å². The van der Waals surface area contributed by atoms with E-state index in [0.717, 1.165) is 39.8 Å². The summed E-state index contributed by atoms with van der Waals surface area (Å²) >= 11 is 6.18. The third-order valence-corrected chi connectivity index (χ3v) is 5.95. The van der Waals surface area contributed by atoms with Crippen molar-refractivity contribution in [2.75, 3.05) is 6.54 Å². The van der Waals surface area contributed by atoms with E-state index in [1.165, 1.54) is 18.2 Å². The van der Waals surface area contributed by atoms with Crippen molar-refractivity contribution < 1.29 is 18.0 Å². The predicted molar refractivity (Wildman–Crippen MR) is 119 cm³/mol. The number of carbonyl (C=O) groups is 1. The highest BCUT2D eigenvalue weighted by molar-refractivity contribution is 6.31. The van der Waals surface area contributed by atoms with Gasteiger partial charge in [-0.05, 0) is 61.1 Å². The van der Waals surface area contributed by atoms with Crippen molar-refractivity contribution in [3.63, 3.8) is 0 Å². The Morgan fingerprint density at radius 2 is 1.82 bits per heavy atom. The van der Waals surface area contributed by atoms with Crippen LogP contribution in [0.15, 0.2) is 52.1 Å². The summed E-state index contributed by atoms with van der Waals surface area (Å²) in [5, 5.41) is 7.02. The summed E-state index contributed by atoms with van der Waals surface area (Å²) in [5.41, 5.74) is -1.89. The molecule has 11 heteroatoms. The van der Waals surface area contributed by atoms with Crippen LogP contribution in [0.2, 0.25) is 5.02 Å². The van der Waals surface area contributed by atoms with E-state index in [1.54, 1.807) is 19.1 Å². The van der Waals surface area contributed by atoms with E-state index in [1.807, 2.05) is 0 Å². The zero-order valence-corrected chi connectivity index (χ0v) is 18.8. The summed E-state index contributed by atoms with van der Waals surface area (Å²) in [6.45, 7) is 1.81. The molecule has 1 heterocycles. The lowest BCUT2D eigenvalue weighted by atomic mass is 10.1. The molecule has 1 aliphatic rings. The van der Waals surface area contributed by atoms with E-state index < -0.39 is 34.6 Å². The number of aromatic nitrogens is 3. The van der Waals surface area contributed by atoms with Crippen LogP contribution in [0.3, 0.4) is 0 Å². The number of hydrogen-bond donors (Lipinski definition) is 1. The van der Waals surface area contributed by atoms with Crippen molar-refractivity contribution >= 4 is 17.5 Å². The molecule has 1 N–H and O–H groups in total. The molecule has 0 radical (unpaired) electrons. The second-order valence-corrected chi connectivity index (χ2v) is 8.62. The third-order valence-electron chi connectivity index (χ3n) is 5.55. The Kier molecular flexibility index (Phi) is 6.35. The Bertz CT molecular complexity index is 1360. The number of hydrogen-bond acceptors (Lipinski definition) is 4. The summed E-state index contributed by atoms with van der Waals surface area (Å²) in [5.74, 6) is -0.384. The molecule has 0 aliphatic heterocycles. The second-order valence-electron chi connectivity index (χ2n) is 8.22. The SMILES string of the molecule is Cc1ccc(-n2nc(C(=O)NCC3CC3)c(=O)n(Cc3ccc(C(F)(F)F)cc3)c2=O)cc1Cl. The molecule has 0 bridgehead atoms. The first-order valence-electron chi connectivity index (χ1n) is 10.5. The average Bonchev–Trinajstić information content (AvgIpc) is 3.61. The van der Waals surface area contributed by atoms with Crippen molar-refractivity contribution in [2.45, 2.75) is 32.5 Å². The van der Waals surface area contributed by atoms with Crippen LogP contribution in [0.25, 0.3) is 5.69 Å². The number of nitrogens with one attached hydrogen (secondary N) is 1. The first kappa shape index (κ1) is 23.7. The van der Waals surface area contributed by atoms with E-state index in [4.69, 9.17) is 11.6 Å². The molecule has 1 fully saturated rings. The van der Waals surface area contributed by atoms with Gasteiger partial charge in [0, 0.05) is 11.6 Å². The Morgan fingerprint density at radius 3 is 2.41 bits per heavy atom. The van der Waals surface area contributed by atoms with Crippen molar-refractivity contribution in [3.8, 4) is 5.69 Å². The van der Waals surface area contributed by atoms with Gasteiger partial charge in [0.1, 0.15) is 0 Å². The molecule has 0 spiro atoms. The van der Waals surface area contributed by atoms with E-state index >= 15 is 0 Å². The lowest BCUT2D eigenvalue weighted by Crippen LogP contribution is -2.46. The van der Waals surface area contributed by atoms with Gasteiger partial charge in [-0.1, -0.05) is 29.8 Å². The number of benzene rings is 2. The molecule has 178 valence electrons. The van der Waals surface area contributed by atoms with Crippen LogP contribution in [-0.4, -0.2) is 26.8 Å². The smallest absolute Gasteiger partial charge is 0.350 e. The highest BCUT2D eigenvalue weighted by Gasteiger charge is 2.30. The van der Waals surface area contributed by atoms with E-state index in [9.17, 15) is 27.6 Å². The molecule has 3 aromatic rings. The Hall–Kier alpha value is -3.40. The van der Waals surface area contributed by atoms with E-state index in [0.29, 0.717) is 17.5 Å². The molecule has 0 unspecified atom stereocenters. The molecule has 1 saturated carbocycles. The minimum absolute atomic E-state index is 0.234. The van der Waals surface area contributed by atoms with Gasteiger partial charge in [-0.15, -0.1) is 0 Å². The average molecular weight is 493 g/mol. The van der Waals surface area contributed by atoms with E-state index in [-0.39, 0.29) is 17.8 Å². The number of halogens is 4. The summed E-state index contributed by atoms with van der Waals surface area (Å²) in [7, 11) is 0. The van der Waals surface area contributed by atoms with Crippen LogP contribution < -0.4 is 16.6 Å². The molecule has 7 nitrogen and oxygen atoms in total. The van der Waals surface area contributed by atoms with Gasteiger partial charge in [0.15, 0.2) is 0 Å². The van der Waals surface area contributed by atoms with Crippen LogP contribution in [0.1, 0.15) is 40.0 Å². The monoisotopic (exact) mass is 492 g/mol. The fraction of sp³-hybridized carbons (Fsp3) is 0.304. The number of nitrogens with zero attached hydrogens (tertiary/aromatic N) is 3. The molecule has 1 aromatic heterocycles. The zero-order valence-electron chi connectivity index (χ0n) is 18.0. The first-order valence-corrected chi connectivity index (χ1v) is 10.9. The minimum Gasteiger partial charge on any atom is -0.350 e. The van der Waals surface area contributed by atoms with Gasteiger partial charge in [0.2, 0.25) is 5.69 Å². The van der Waals surface area contributed by atoms with Crippen molar-refractivity contribution in [1.82, 2.24) is 19.7 Å². The number of carbonyl (C=O) groups excluding carboxylic acids is 1. The maximum absolute atomic E-state index is 13.2. The van der Waals surface area contributed by atoms with Crippen molar-refractivity contribution in [1.29, 1.82) is 0 Å². The van der Waals surface area contributed by atoms with Crippen molar-refractivity contribution in [3.05, 3.63) is 90.7 Å². The Labute approximate surface area is 196 Å². The fourth-order valence-corrected chi connectivity index (χ4v) is 3.48. The summed E-state index contributed by atoms with van der Waals surface area (Å²) < 4.78 is 40.3. The Morgan fingerprint density at radius 1 is 1.15 bits per heavy atom. The maximum atomic E-state index is 13.2. The summed E-state index contributed by atoms with van der Waals surface area (Å²) in [6.07, 6.45) is -2.56. The lowest BCUT2D eigenvalue weighted by molar-refractivity contribution is -0.137. The van der Waals surface area contributed by atoms with Crippen molar-refractivity contribution in [2.24, 2.45) is 5.92 Å². The molecular formula is C23H20ClF3N4O3. The third kappa shape index (κ3) is 5.06. The zero-order chi connectivity index (χ0) is 24.6. The van der Waals surface area contributed by atoms with Gasteiger partial charge in [-0.25, -0.2) is 4.79 Å². The number of alkyl halides is 3. The van der Waals surface area contributed by atoms with Crippen LogP contribution in [0.5, 0.6) is 0 Å². The molecule has 34 heavy (non-hydrogen) atoms. The van der Waals surface area contributed by atoms with Gasteiger partial charge in [-0.3, -0.25) is 14.2 Å². The largest absolute Gasteiger partial charge is 0.416 e. The molecule has 4 rings (SSSR count). The quantitative estimate of drug-likeness (QED) is 0.570. The summed E-state index contributed by atoms with van der Waals surface area (Å²) in [6, 6.07) is 8.78. The number of aryl methyl sites for hydroxylation is 1. The fourth-order valence-electron chi connectivity index (χ4n) is 3.30. The molecule has 0 saturated heterocycles. The second kappa shape index (κ2) is 9.09. The first-order chi connectivity index (χ1) is 16.0. The normalized spacial score (nSPS) is 13.7. The highest BCUT2D eigenvalue weighted by atomic mass is 35.5. The minimum atomic E-state index is -4.52. The van der Waals surface area contributed by atoms with Crippen LogP contribution in [-0.2, 0) is 12.7 Å². The van der Waals surface area contributed by atoms with Crippen LogP contribution in [0.4, 0.5) is 13.2 Å². The van der Waals surface area contributed by atoms with Gasteiger partial charge in [0.05, 0.1) is 17.8 Å². The molecule has 1 amide bonds. The molecule has 0 atom stereocenters. The van der Waals surface area contributed by atoms with E-state index in [2.05, 4.69) is 10.4 Å². The van der Waals surface area contributed by atoms with Crippen LogP contribution in [0, 0.1) is 12.8 Å². The van der Waals surface area contributed by atoms with Gasteiger partial charge >= 0.3 is 11.9 Å². The molecule has 2 aromatic carbocycles. The topological polar surface area (TPSA) is 86.0 Å². The summed E-state index contributed by atoms with van der Waals surface area (Å²) in [4.78, 5) is 38.9. The highest BCUT2D eigenvalue weighted by Crippen LogP contribution is 2.29. The maximum Gasteiger partial charge on any atom is 0.416 e.